The molecule has 2 aromatic carbocycles. The number of anilines is 2. The molecule has 0 aliphatic rings. The zero-order valence-corrected chi connectivity index (χ0v) is 16.3. The fourth-order valence-corrected chi connectivity index (χ4v) is 2.61. The van der Waals surface area contributed by atoms with Crippen molar-refractivity contribution in [3.63, 3.8) is 0 Å². The van der Waals surface area contributed by atoms with E-state index in [2.05, 4.69) is 20.6 Å². The van der Waals surface area contributed by atoms with Crippen molar-refractivity contribution in [2.45, 2.75) is 12.6 Å². The number of nitrogens with one attached hydrogen (secondary N) is 2. The molecular formula is C20H16F3N5O4. The zero-order valence-electron chi connectivity index (χ0n) is 16.3. The van der Waals surface area contributed by atoms with Crippen molar-refractivity contribution >= 4 is 23.0 Å². The second kappa shape index (κ2) is 9.73. The quantitative estimate of drug-likeness (QED) is 0.381. The molecule has 0 saturated heterocycles. The predicted octanol–water partition coefficient (Wildman–Crippen LogP) is 4.64. The van der Waals surface area contributed by atoms with Crippen LogP contribution in [0.3, 0.4) is 0 Å². The Bertz CT molecular complexity index is 1090. The van der Waals surface area contributed by atoms with Crippen molar-refractivity contribution < 1.29 is 27.6 Å². The maximum Gasteiger partial charge on any atom is 0.416 e. The summed E-state index contributed by atoms with van der Waals surface area (Å²) in [7, 11) is 0. The maximum absolute atomic E-state index is 12.8. The second-order valence-electron chi connectivity index (χ2n) is 6.38. The molecule has 0 bridgehead atoms. The van der Waals surface area contributed by atoms with Crippen LogP contribution in [0.4, 0.5) is 30.2 Å². The van der Waals surface area contributed by atoms with Gasteiger partial charge in [-0.2, -0.15) is 13.2 Å². The van der Waals surface area contributed by atoms with Crippen molar-refractivity contribution in [1.82, 2.24) is 9.97 Å². The molecule has 3 aromatic rings. The van der Waals surface area contributed by atoms with Crippen molar-refractivity contribution in [2.75, 3.05) is 17.2 Å². The molecule has 166 valence electrons. The van der Waals surface area contributed by atoms with Crippen LogP contribution in [-0.4, -0.2) is 27.3 Å². The largest absolute Gasteiger partial charge is 0.438 e. The van der Waals surface area contributed by atoms with Crippen LogP contribution >= 0.6 is 0 Å². The number of ether oxygens (including phenoxy) is 1. The summed E-state index contributed by atoms with van der Waals surface area (Å²) in [5.74, 6) is 0.405. The number of alkyl halides is 3. The first-order valence-corrected chi connectivity index (χ1v) is 9.15. The molecule has 1 aromatic heterocycles. The number of carbonyl (C=O) groups is 1. The van der Waals surface area contributed by atoms with E-state index in [1.807, 2.05) is 0 Å². The fourth-order valence-electron chi connectivity index (χ4n) is 2.61. The van der Waals surface area contributed by atoms with Crippen molar-refractivity contribution in [3.8, 4) is 11.6 Å². The van der Waals surface area contributed by atoms with Crippen molar-refractivity contribution in [3.05, 3.63) is 76.7 Å². The summed E-state index contributed by atoms with van der Waals surface area (Å²) in [6.45, 7) is -0.0219. The number of carbonyl (C=O) groups excluding carboxylic acids is 1. The van der Waals surface area contributed by atoms with Gasteiger partial charge in [-0.05, 0) is 36.4 Å². The molecular weight excluding hydrogens is 431 g/mol. The first kappa shape index (κ1) is 22.5. The van der Waals surface area contributed by atoms with E-state index in [4.69, 9.17) is 4.74 Å². The van der Waals surface area contributed by atoms with Crippen LogP contribution in [0, 0.1) is 10.1 Å². The number of hydrogen-bond acceptors (Lipinski definition) is 7. The monoisotopic (exact) mass is 447 g/mol. The number of rotatable bonds is 8. The third-order valence-corrected chi connectivity index (χ3v) is 4.09. The first-order chi connectivity index (χ1) is 15.2. The lowest BCUT2D eigenvalue weighted by atomic mass is 10.1. The molecule has 1 amide bonds. The Morgan fingerprint density at radius 1 is 1.12 bits per heavy atom. The number of amides is 1. The number of aromatic nitrogens is 2. The van der Waals surface area contributed by atoms with Gasteiger partial charge in [-0.1, -0.05) is 0 Å². The number of nitrogens with zero attached hydrogens (tertiary/aromatic N) is 3. The van der Waals surface area contributed by atoms with Gasteiger partial charge in [-0.25, -0.2) is 4.98 Å². The first-order valence-electron chi connectivity index (χ1n) is 9.15. The van der Waals surface area contributed by atoms with Gasteiger partial charge in [0.15, 0.2) is 0 Å². The molecule has 0 spiro atoms. The molecule has 32 heavy (non-hydrogen) atoms. The zero-order chi connectivity index (χ0) is 23.1. The molecule has 0 fully saturated rings. The average molecular weight is 447 g/mol. The van der Waals surface area contributed by atoms with Crippen LogP contribution in [-0.2, 0) is 11.0 Å². The van der Waals surface area contributed by atoms with Gasteiger partial charge < -0.3 is 15.4 Å². The third kappa shape index (κ3) is 6.14. The SMILES string of the molecule is O=C(CCNc1ccc(C(F)(F)F)cc1[N+](=O)[O-])Nc1ccc(Oc2cnccn2)cc1. The van der Waals surface area contributed by atoms with Crippen LogP contribution in [0.5, 0.6) is 11.6 Å². The van der Waals surface area contributed by atoms with Gasteiger partial charge in [0.25, 0.3) is 5.69 Å². The van der Waals surface area contributed by atoms with Crippen LogP contribution in [0.1, 0.15) is 12.0 Å². The number of halogens is 3. The van der Waals surface area contributed by atoms with Crippen molar-refractivity contribution in [1.29, 1.82) is 0 Å². The van der Waals surface area contributed by atoms with E-state index in [-0.39, 0.29) is 18.7 Å². The number of nitro benzene ring substituents is 1. The molecule has 1 heterocycles. The molecule has 9 nitrogen and oxygen atoms in total. The molecule has 2 N–H and O–H groups in total. The second-order valence-corrected chi connectivity index (χ2v) is 6.38. The lowest BCUT2D eigenvalue weighted by Crippen LogP contribution is -2.16. The smallest absolute Gasteiger partial charge is 0.416 e. The highest BCUT2D eigenvalue weighted by Crippen LogP contribution is 2.34. The van der Waals surface area contributed by atoms with Gasteiger partial charge >= 0.3 is 6.18 Å². The number of nitro groups is 1. The van der Waals surface area contributed by atoms with Gasteiger partial charge in [-0.15, -0.1) is 0 Å². The molecule has 0 radical (unpaired) electrons. The molecule has 12 heteroatoms. The highest BCUT2D eigenvalue weighted by atomic mass is 19.4. The van der Waals surface area contributed by atoms with E-state index in [9.17, 15) is 28.1 Å². The topological polar surface area (TPSA) is 119 Å². The van der Waals surface area contributed by atoms with E-state index in [0.29, 0.717) is 23.4 Å². The van der Waals surface area contributed by atoms with Gasteiger partial charge in [-0.3, -0.25) is 19.9 Å². The summed E-state index contributed by atoms with van der Waals surface area (Å²) < 4.78 is 43.7. The standard InChI is InChI=1S/C20H16F3N5O4/c21-20(22,23)13-1-6-16(17(11-13)28(30)31)25-8-7-18(29)27-14-2-4-15(5-3-14)32-19-12-24-9-10-26-19/h1-6,9-12,25H,7-8H2,(H,27,29). The van der Waals surface area contributed by atoms with Gasteiger partial charge in [0.2, 0.25) is 11.8 Å². The van der Waals surface area contributed by atoms with Crippen LogP contribution in [0.2, 0.25) is 0 Å². The molecule has 0 atom stereocenters. The summed E-state index contributed by atoms with van der Waals surface area (Å²) in [6.07, 6.45) is -0.328. The Hall–Kier alpha value is -4.22. The summed E-state index contributed by atoms with van der Waals surface area (Å²) in [6, 6.07) is 8.61. The lowest BCUT2D eigenvalue weighted by Gasteiger charge is -2.11. The van der Waals surface area contributed by atoms with Crippen LogP contribution < -0.4 is 15.4 Å². The normalized spacial score (nSPS) is 11.0. The van der Waals surface area contributed by atoms with Crippen LogP contribution in [0.25, 0.3) is 0 Å². The minimum absolute atomic E-state index is 0.0219. The Labute approximate surface area is 179 Å². The van der Waals surface area contributed by atoms with E-state index in [0.717, 1.165) is 12.1 Å². The average Bonchev–Trinajstić information content (AvgIpc) is 2.75. The lowest BCUT2D eigenvalue weighted by molar-refractivity contribution is -0.384. The fraction of sp³-hybridized carbons (Fsp3) is 0.150. The maximum atomic E-state index is 12.8. The van der Waals surface area contributed by atoms with Gasteiger partial charge in [0.05, 0.1) is 16.7 Å². The predicted molar refractivity (Wildman–Crippen MR) is 108 cm³/mol. The van der Waals surface area contributed by atoms with Crippen molar-refractivity contribution in [2.24, 2.45) is 0 Å². The van der Waals surface area contributed by atoms with Gasteiger partial charge in [0, 0.05) is 37.1 Å². The molecule has 3 rings (SSSR count). The third-order valence-electron chi connectivity index (χ3n) is 4.09. The Morgan fingerprint density at radius 3 is 2.50 bits per heavy atom. The molecule has 0 aliphatic heterocycles. The summed E-state index contributed by atoms with van der Waals surface area (Å²) >= 11 is 0. The Morgan fingerprint density at radius 2 is 1.88 bits per heavy atom. The Kier molecular flexibility index (Phi) is 6.83. The summed E-state index contributed by atoms with van der Waals surface area (Å²) in [5, 5.41) is 16.3. The van der Waals surface area contributed by atoms with E-state index >= 15 is 0 Å². The molecule has 0 aliphatic carbocycles. The highest BCUT2D eigenvalue weighted by Gasteiger charge is 2.33. The van der Waals surface area contributed by atoms with E-state index < -0.39 is 28.3 Å². The summed E-state index contributed by atoms with van der Waals surface area (Å²) in [4.78, 5) is 30.1. The van der Waals surface area contributed by atoms with E-state index in [1.54, 1.807) is 24.3 Å². The molecule has 0 saturated carbocycles. The minimum atomic E-state index is -4.70. The minimum Gasteiger partial charge on any atom is -0.438 e. The molecule has 0 unspecified atom stereocenters. The summed E-state index contributed by atoms with van der Waals surface area (Å²) in [5.41, 5.74) is -1.47. The van der Waals surface area contributed by atoms with Crippen LogP contribution in [0.15, 0.2) is 61.1 Å². The Balaban J connectivity index is 1.52. The van der Waals surface area contributed by atoms with E-state index in [1.165, 1.54) is 18.6 Å². The highest BCUT2D eigenvalue weighted by molar-refractivity contribution is 5.91. The van der Waals surface area contributed by atoms with Gasteiger partial charge in [0.1, 0.15) is 11.4 Å². The number of hydrogen-bond donors (Lipinski definition) is 2. The number of benzene rings is 2.